The van der Waals surface area contributed by atoms with E-state index in [0.29, 0.717) is 17.9 Å². The fourth-order valence-corrected chi connectivity index (χ4v) is 4.43. The lowest BCUT2D eigenvalue weighted by Gasteiger charge is -2.29. The normalized spacial score (nSPS) is 23.0. The van der Waals surface area contributed by atoms with Crippen molar-refractivity contribution in [2.75, 3.05) is 13.6 Å². The number of hydrogen-bond donors (Lipinski definition) is 0. The first kappa shape index (κ1) is 16.8. The predicted molar refractivity (Wildman–Crippen MR) is 110 cm³/mol. The van der Waals surface area contributed by atoms with E-state index in [4.69, 9.17) is 0 Å². The first-order valence-corrected chi connectivity index (χ1v) is 9.30. The van der Waals surface area contributed by atoms with Crippen LogP contribution in [0.1, 0.15) is 28.7 Å². The van der Waals surface area contributed by atoms with E-state index < -0.39 is 0 Å². The summed E-state index contributed by atoms with van der Waals surface area (Å²) in [6.07, 6.45) is 0. The molecular formula is C25H25N. The highest BCUT2D eigenvalue weighted by molar-refractivity contribution is 5.68. The number of rotatable bonds is 4. The third kappa shape index (κ3) is 3.11. The van der Waals surface area contributed by atoms with Gasteiger partial charge < -0.3 is 0 Å². The molecule has 26 heavy (non-hydrogen) atoms. The van der Waals surface area contributed by atoms with Crippen LogP contribution in [0.3, 0.4) is 0 Å². The minimum atomic E-state index is 0.342. The number of hydrogen-bond acceptors (Lipinski definition) is 1. The quantitative estimate of drug-likeness (QED) is 0.582. The van der Waals surface area contributed by atoms with Crippen LogP contribution in [0, 0.1) is 5.92 Å². The summed E-state index contributed by atoms with van der Waals surface area (Å²) in [5.41, 5.74) is 5.25. The Bertz CT molecular complexity index is 854. The van der Waals surface area contributed by atoms with Crippen molar-refractivity contribution >= 4 is 5.57 Å². The Labute approximate surface area is 156 Å². The van der Waals surface area contributed by atoms with Gasteiger partial charge in [0.2, 0.25) is 0 Å². The first-order chi connectivity index (χ1) is 12.8. The molecule has 0 bridgehead atoms. The Kier molecular flexibility index (Phi) is 4.73. The largest absolute Gasteiger partial charge is 0.298 e. The van der Waals surface area contributed by atoms with E-state index in [1.807, 2.05) is 0 Å². The van der Waals surface area contributed by atoms with Gasteiger partial charge in [-0.2, -0.15) is 0 Å². The lowest BCUT2D eigenvalue weighted by atomic mass is 9.76. The Hall–Kier alpha value is -2.64. The van der Waals surface area contributed by atoms with E-state index in [-0.39, 0.29) is 0 Å². The molecule has 1 aliphatic heterocycles. The molecule has 0 spiro atoms. The van der Waals surface area contributed by atoms with Gasteiger partial charge in [0.1, 0.15) is 0 Å². The number of nitrogens with zero attached hydrogens (tertiary/aromatic N) is 1. The summed E-state index contributed by atoms with van der Waals surface area (Å²) in [5, 5.41) is 0. The Morgan fingerprint density at radius 3 is 1.85 bits per heavy atom. The van der Waals surface area contributed by atoms with Gasteiger partial charge in [0.05, 0.1) is 0 Å². The smallest absolute Gasteiger partial charge is 0.0420 e. The molecule has 0 radical (unpaired) electrons. The standard InChI is InChI=1S/C25H25N/c1-19(20-12-6-3-7-13-20)24-23(21-14-8-4-9-15-21)18-26(2)25(24)22-16-10-5-11-17-22/h3-17,23-25H,1,18H2,2H3/t23-,24-,25-/m0/s1. The Morgan fingerprint density at radius 2 is 1.27 bits per heavy atom. The molecule has 1 saturated heterocycles. The van der Waals surface area contributed by atoms with Crippen molar-refractivity contribution in [3.05, 3.63) is 114 Å². The van der Waals surface area contributed by atoms with E-state index in [1.165, 1.54) is 22.3 Å². The van der Waals surface area contributed by atoms with E-state index in [9.17, 15) is 0 Å². The average molecular weight is 339 g/mol. The molecule has 3 aromatic rings. The van der Waals surface area contributed by atoms with Crippen LogP contribution in [0.5, 0.6) is 0 Å². The Morgan fingerprint density at radius 1 is 0.769 bits per heavy atom. The molecule has 1 fully saturated rings. The third-order valence-electron chi connectivity index (χ3n) is 5.65. The molecule has 0 aliphatic carbocycles. The molecule has 1 heterocycles. The van der Waals surface area contributed by atoms with E-state index in [2.05, 4.69) is 110 Å². The maximum atomic E-state index is 4.57. The highest BCUT2D eigenvalue weighted by Crippen LogP contribution is 2.50. The van der Waals surface area contributed by atoms with Crippen molar-refractivity contribution in [1.82, 2.24) is 4.90 Å². The highest BCUT2D eigenvalue weighted by atomic mass is 15.2. The van der Waals surface area contributed by atoms with Crippen LogP contribution in [0.4, 0.5) is 0 Å². The summed E-state index contributed by atoms with van der Waals surface area (Å²) < 4.78 is 0. The van der Waals surface area contributed by atoms with Gasteiger partial charge in [-0.3, -0.25) is 4.90 Å². The Balaban J connectivity index is 1.79. The fourth-order valence-electron chi connectivity index (χ4n) is 4.43. The van der Waals surface area contributed by atoms with Gasteiger partial charge in [-0.05, 0) is 29.3 Å². The van der Waals surface area contributed by atoms with Crippen LogP contribution >= 0.6 is 0 Å². The number of likely N-dealkylation sites (tertiary alicyclic amines) is 1. The SMILES string of the molecule is C=C(c1ccccc1)[C@H]1[C@H](c2ccccc2)CN(C)[C@H]1c1ccccc1. The van der Waals surface area contributed by atoms with E-state index >= 15 is 0 Å². The van der Waals surface area contributed by atoms with Gasteiger partial charge in [-0.1, -0.05) is 97.6 Å². The van der Waals surface area contributed by atoms with Crippen LogP contribution in [0.15, 0.2) is 97.6 Å². The molecule has 0 saturated carbocycles. The highest BCUT2D eigenvalue weighted by Gasteiger charge is 2.42. The molecule has 1 aliphatic rings. The lowest BCUT2D eigenvalue weighted by Crippen LogP contribution is -2.21. The predicted octanol–water partition coefficient (Wildman–Crippen LogP) is 5.79. The summed E-state index contributed by atoms with van der Waals surface area (Å²) in [4.78, 5) is 2.49. The number of likely N-dealkylation sites (N-methyl/N-ethyl adjacent to an activating group) is 1. The molecule has 3 aromatic carbocycles. The summed E-state index contributed by atoms with van der Waals surface area (Å²) in [7, 11) is 2.24. The molecule has 1 heteroatoms. The third-order valence-corrected chi connectivity index (χ3v) is 5.65. The molecule has 0 amide bonds. The summed E-state index contributed by atoms with van der Waals surface area (Å²) in [6.45, 7) is 5.61. The fraction of sp³-hybridized carbons (Fsp3) is 0.200. The van der Waals surface area contributed by atoms with Crippen LogP contribution in [0.2, 0.25) is 0 Å². The first-order valence-electron chi connectivity index (χ1n) is 9.30. The molecule has 0 unspecified atom stereocenters. The van der Waals surface area contributed by atoms with Gasteiger partial charge in [0.25, 0.3) is 0 Å². The zero-order chi connectivity index (χ0) is 17.9. The molecular weight excluding hydrogens is 314 g/mol. The topological polar surface area (TPSA) is 3.24 Å². The summed E-state index contributed by atoms with van der Waals surface area (Å²) in [6, 6.07) is 32.8. The van der Waals surface area contributed by atoms with Crippen molar-refractivity contribution in [3.63, 3.8) is 0 Å². The lowest BCUT2D eigenvalue weighted by molar-refractivity contribution is 0.299. The van der Waals surface area contributed by atoms with Crippen LogP contribution in [-0.4, -0.2) is 18.5 Å². The minimum Gasteiger partial charge on any atom is -0.298 e. The molecule has 3 atom stereocenters. The second-order valence-corrected chi connectivity index (χ2v) is 7.23. The van der Waals surface area contributed by atoms with Gasteiger partial charge in [0, 0.05) is 24.4 Å². The summed E-state index contributed by atoms with van der Waals surface area (Å²) in [5.74, 6) is 0.798. The molecule has 0 N–H and O–H groups in total. The van der Waals surface area contributed by atoms with Crippen molar-refractivity contribution in [1.29, 1.82) is 0 Å². The molecule has 1 nitrogen and oxygen atoms in total. The molecule has 130 valence electrons. The second-order valence-electron chi connectivity index (χ2n) is 7.23. The van der Waals surface area contributed by atoms with Crippen molar-refractivity contribution < 1.29 is 0 Å². The minimum absolute atomic E-state index is 0.342. The zero-order valence-corrected chi connectivity index (χ0v) is 15.3. The van der Waals surface area contributed by atoms with Crippen LogP contribution < -0.4 is 0 Å². The average Bonchev–Trinajstić information content (AvgIpc) is 3.06. The zero-order valence-electron chi connectivity index (χ0n) is 15.3. The molecule has 4 rings (SSSR count). The van der Waals surface area contributed by atoms with Gasteiger partial charge in [-0.25, -0.2) is 0 Å². The molecule has 0 aromatic heterocycles. The maximum absolute atomic E-state index is 4.57. The maximum Gasteiger partial charge on any atom is 0.0420 e. The van der Waals surface area contributed by atoms with Gasteiger partial charge >= 0.3 is 0 Å². The van der Waals surface area contributed by atoms with Crippen LogP contribution in [-0.2, 0) is 0 Å². The van der Waals surface area contributed by atoms with E-state index in [0.717, 1.165) is 6.54 Å². The van der Waals surface area contributed by atoms with Crippen molar-refractivity contribution in [2.45, 2.75) is 12.0 Å². The van der Waals surface area contributed by atoms with Gasteiger partial charge in [-0.15, -0.1) is 0 Å². The van der Waals surface area contributed by atoms with Gasteiger partial charge in [0.15, 0.2) is 0 Å². The monoisotopic (exact) mass is 339 g/mol. The van der Waals surface area contributed by atoms with E-state index in [1.54, 1.807) is 0 Å². The second kappa shape index (κ2) is 7.31. The number of benzene rings is 3. The van der Waals surface area contributed by atoms with Crippen molar-refractivity contribution in [3.8, 4) is 0 Å². The van der Waals surface area contributed by atoms with Crippen molar-refractivity contribution in [2.24, 2.45) is 5.92 Å². The van der Waals surface area contributed by atoms with Crippen LogP contribution in [0.25, 0.3) is 5.57 Å². The summed E-state index contributed by atoms with van der Waals surface area (Å²) >= 11 is 0.